The average molecular weight is 366 g/mol. The Morgan fingerprint density at radius 3 is 2.67 bits per heavy atom. The average Bonchev–Trinajstić information content (AvgIpc) is 3.00. The number of fused-ring (bicyclic) bond motifs is 1. The second kappa shape index (κ2) is 7.02. The van der Waals surface area contributed by atoms with Gasteiger partial charge in [0.25, 0.3) is 0 Å². The third-order valence-electron chi connectivity index (χ3n) is 3.21. The number of halogens is 1. The summed E-state index contributed by atoms with van der Waals surface area (Å²) < 4.78 is 10.4. The van der Waals surface area contributed by atoms with Gasteiger partial charge in [0.05, 0.1) is 22.0 Å². The van der Waals surface area contributed by atoms with Crippen LogP contribution >= 0.6 is 23.4 Å². The highest BCUT2D eigenvalue weighted by atomic mass is 35.5. The molecule has 0 spiro atoms. The molecule has 0 fully saturated rings. The molecule has 24 heavy (non-hydrogen) atoms. The number of anilines is 1. The third-order valence-corrected chi connectivity index (χ3v) is 4.60. The van der Waals surface area contributed by atoms with Crippen molar-refractivity contribution in [3.8, 4) is 11.5 Å². The van der Waals surface area contributed by atoms with Crippen LogP contribution in [0.25, 0.3) is 0 Å². The number of nitrogens with one attached hydrogen (secondary N) is 1. The fraction of sp³-hybridized carbons (Fsp3) is 0.125. The van der Waals surface area contributed by atoms with Crippen molar-refractivity contribution in [1.29, 1.82) is 0 Å². The Kier molecular flexibility index (Phi) is 4.82. The summed E-state index contributed by atoms with van der Waals surface area (Å²) in [6.07, 6.45) is 0. The van der Waals surface area contributed by atoms with Gasteiger partial charge in [-0.15, -0.1) is 11.8 Å². The topological polar surface area (TPSA) is 84.9 Å². The van der Waals surface area contributed by atoms with E-state index in [0.29, 0.717) is 27.1 Å². The molecule has 2 N–H and O–H groups in total. The highest BCUT2D eigenvalue weighted by molar-refractivity contribution is 8.00. The van der Waals surface area contributed by atoms with Gasteiger partial charge in [0.2, 0.25) is 12.7 Å². The van der Waals surface area contributed by atoms with Crippen LogP contribution in [0.1, 0.15) is 10.4 Å². The number of carboxylic acid groups (broad SMARTS) is 1. The predicted octanol–water partition coefficient (Wildman–Crippen LogP) is 3.50. The van der Waals surface area contributed by atoms with Gasteiger partial charge in [-0.1, -0.05) is 23.7 Å². The van der Waals surface area contributed by atoms with Gasteiger partial charge in [-0.25, -0.2) is 4.79 Å². The number of thioether (sulfide) groups is 1. The molecule has 3 rings (SSSR count). The molecule has 2 aromatic rings. The minimum absolute atomic E-state index is 0.0507. The maximum absolute atomic E-state index is 12.1. The normalized spacial score (nSPS) is 12.0. The number of amides is 1. The van der Waals surface area contributed by atoms with E-state index in [9.17, 15) is 9.59 Å². The van der Waals surface area contributed by atoms with Gasteiger partial charge in [0, 0.05) is 17.0 Å². The summed E-state index contributed by atoms with van der Waals surface area (Å²) in [6, 6.07) is 9.69. The molecule has 0 bridgehead atoms. The molecule has 0 unspecified atom stereocenters. The Labute approximate surface area is 146 Å². The fourth-order valence-corrected chi connectivity index (χ4v) is 3.16. The van der Waals surface area contributed by atoms with E-state index < -0.39 is 5.97 Å². The lowest BCUT2D eigenvalue weighted by Gasteiger charge is -2.09. The van der Waals surface area contributed by atoms with Crippen molar-refractivity contribution in [3.05, 3.63) is 47.0 Å². The zero-order valence-electron chi connectivity index (χ0n) is 12.2. The zero-order chi connectivity index (χ0) is 17.1. The van der Waals surface area contributed by atoms with Gasteiger partial charge in [0.15, 0.2) is 11.5 Å². The van der Waals surface area contributed by atoms with Crippen molar-refractivity contribution in [1.82, 2.24) is 0 Å². The van der Waals surface area contributed by atoms with Crippen molar-refractivity contribution < 1.29 is 24.2 Å². The van der Waals surface area contributed by atoms with Crippen LogP contribution in [0.15, 0.2) is 41.3 Å². The molecule has 1 aliphatic heterocycles. The van der Waals surface area contributed by atoms with E-state index in [0.717, 1.165) is 11.8 Å². The summed E-state index contributed by atoms with van der Waals surface area (Å²) in [7, 11) is 0. The molecule has 0 saturated carbocycles. The van der Waals surface area contributed by atoms with Crippen LogP contribution < -0.4 is 14.8 Å². The van der Waals surface area contributed by atoms with Crippen LogP contribution in [0, 0.1) is 0 Å². The molecule has 0 saturated heterocycles. The van der Waals surface area contributed by atoms with Gasteiger partial charge in [0.1, 0.15) is 0 Å². The van der Waals surface area contributed by atoms with Crippen molar-refractivity contribution in [2.24, 2.45) is 0 Å². The quantitative estimate of drug-likeness (QED) is 0.789. The summed E-state index contributed by atoms with van der Waals surface area (Å²) in [5, 5.41) is 12.2. The smallest absolute Gasteiger partial charge is 0.336 e. The number of aromatic carboxylic acids is 1. The molecule has 2 aromatic carbocycles. The molecule has 0 aromatic heterocycles. The monoisotopic (exact) mass is 365 g/mol. The van der Waals surface area contributed by atoms with E-state index in [1.165, 1.54) is 6.07 Å². The first-order valence-electron chi connectivity index (χ1n) is 6.88. The standard InChI is InChI=1S/C16H12ClNO5S/c17-10-5-12-13(23-8-22-12)6-11(10)18-15(19)7-24-14-4-2-1-3-9(14)16(20)21/h1-6H,7-8H2,(H,18,19)(H,20,21). The second-order valence-electron chi connectivity index (χ2n) is 4.82. The number of carbonyl (C=O) groups is 2. The number of hydrogen-bond donors (Lipinski definition) is 2. The Morgan fingerprint density at radius 2 is 1.92 bits per heavy atom. The number of benzene rings is 2. The van der Waals surface area contributed by atoms with Crippen LogP contribution in [0.3, 0.4) is 0 Å². The van der Waals surface area contributed by atoms with Crippen molar-refractivity contribution >= 4 is 40.9 Å². The van der Waals surface area contributed by atoms with Crippen molar-refractivity contribution in [3.63, 3.8) is 0 Å². The fourth-order valence-electron chi connectivity index (χ4n) is 2.11. The van der Waals surface area contributed by atoms with Gasteiger partial charge >= 0.3 is 5.97 Å². The number of hydrogen-bond acceptors (Lipinski definition) is 5. The minimum Gasteiger partial charge on any atom is -0.478 e. The lowest BCUT2D eigenvalue weighted by Crippen LogP contribution is -2.14. The maximum atomic E-state index is 12.1. The van der Waals surface area contributed by atoms with Crippen LogP contribution in [-0.2, 0) is 4.79 Å². The molecular weight excluding hydrogens is 354 g/mol. The molecule has 0 atom stereocenters. The highest BCUT2D eigenvalue weighted by Crippen LogP contribution is 2.39. The number of carbonyl (C=O) groups excluding carboxylic acids is 1. The summed E-state index contributed by atoms with van der Waals surface area (Å²) in [4.78, 5) is 23.8. The lowest BCUT2D eigenvalue weighted by molar-refractivity contribution is -0.113. The molecule has 6 nitrogen and oxygen atoms in total. The van der Waals surface area contributed by atoms with E-state index in [1.807, 2.05) is 0 Å². The summed E-state index contributed by atoms with van der Waals surface area (Å²) in [5.41, 5.74) is 0.578. The molecule has 124 valence electrons. The summed E-state index contributed by atoms with van der Waals surface area (Å²) >= 11 is 7.24. The van der Waals surface area contributed by atoms with Crippen LogP contribution in [0.2, 0.25) is 5.02 Å². The van der Waals surface area contributed by atoms with Gasteiger partial charge in [-0.2, -0.15) is 0 Å². The van der Waals surface area contributed by atoms with Gasteiger partial charge < -0.3 is 19.9 Å². The number of rotatable bonds is 5. The van der Waals surface area contributed by atoms with E-state index in [-0.39, 0.29) is 24.0 Å². The highest BCUT2D eigenvalue weighted by Gasteiger charge is 2.18. The van der Waals surface area contributed by atoms with E-state index in [1.54, 1.807) is 30.3 Å². The van der Waals surface area contributed by atoms with Gasteiger partial charge in [-0.05, 0) is 12.1 Å². The molecule has 1 amide bonds. The Bertz CT molecular complexity index is 811. The summed E-state index contributed by atoms with van der Waals surface area (Å²) in [5.74, 6) is -0.241. The Morgan fingerprint density at radius 1 is 1.21 bits per heavy atom. The first-order valence-corrected chi connectivity index (χ1v) is 8.25. The van der Waals surface area contributed by atoms with E-state index in [2.05, 4.69) is 5.32 Å². The zero-order valence-corrected chi connectivity index (χ0v) is 13.8. The van der Waals surface area contributed by atoms with Gasteiger partial charge in [-0.3, -0.25) is 4.79 Å². The van der Waals surface area contributed by atoms with E-state index in [4.69, 9.17) is 26.2 Å². The van der Waals surface area contributed by atoms with Crippen molar-refractivity contribution in [2.75, 3.05) is 17.9 Å². The van der Waals surface area contributed by atoms with Crippen LogP contribution in [0.4, 0.5) is 5.69 Å². The molecule has 8 heteroatoms. The molecule has 1 aliphatic rings. The Hall–Kier alpha value is -2.38. The number of ether oxygens (including phenoxy) is 2. The maximum Gasteiger partial charge on any atom is 0.336 e. The third kappa shape index (κ3) is 3.58. The Balaban J connectivity index is 1.66. The largest absolute Gasteiger partial charge is 0.478 e. The van der Waals surface area contributed by atoms with Crippen LogP contribution in [0.5, 0.6) is 11.5 Å². The SMILES string of the molecule is O=C(CSc1ccccc1C(=O)O)Nc1cc2c(cc1Cl)OCO2. The molecular formula is C16H12ClNO5S. The van der Waals surface area contributed by atoms with E-state index >= 15 is 0 Å². The first-order chi connectivity index (χ1) is 11.5. The number of carboxylic acids is 1. The molecule has 0 aliphatic carbocycles. The minimum atomic E-state index is -1.03. The van der Waals surface area contributed by atoms with Crippen LogP contribution in [-0.4, -0.2) is 29.5 Å². The second-order valence-corrected chi connectivity index (χ2v) is 6.25. The lowest BCUT2D eigenvalue weighted by atomic mass is 10.2. The first kappa shape index (κ1) is 16.5. The summed E-state index contributed by atoms with van der Waals surface area (Å²) in [6.45, 7) is 0.116. The molecule has 1 heterocycles. The molecule has 0 radical (unpaired) electrons. The van der Waals surface area contributed by atoms with Crippen molar-refractivity contribution in [2.45, 2.75) is 4.90 Å². The predicted molar refractivity (Wildman–Crippen MR) is 90.3 cm³/mol.